The Balaban J connectivity index is 1.84. The maximum absolute atomic E-state index is 13.8. The van der Waals surface area contributed by atoms with Crippen LogP contribution in [0.1, 0.15) is 49.9 Å². The van der Waals surface area contributed by atoms with Crippen molar-refractivity contribution in [2.24, 2.45) is 0 Å². The number of rotatable bonds is 6. The fraction of sp³-hybridized carbons (Fsp3) is 0.200. The number of benzene rings is 4. The van der Waals surface area contributed by atoms with Crippen molar-refractivity contribution in [3.63, 3.8) is 0 Å². The molecule has 0 bridgehead atoms. The maximum atomic E-state index is 13.8. The molecule has 0 aliphatic heterocycles. The molecule has 0 atom stereocenters. The third-order valence-corrected chi connectivity index (χ3v) is 8.75. The molecule has 0 heterocycles. The first-order valence-corrected chi connectivity index (χ1v) is 13.0. The van der Waals surface area contributed by atoms with Gasteiger partial charge >= 0.3 is 0 Å². The lowest BCUT2D eigenvalue weighted by molar-refractivity contribution is 0.451. The van der Waals surface area contributed by atoms with Gasteiger partial charge in [0.25, 0.3) is 0 Å². The predicted molar refractivity (Wildman–Crippen MR) is 139 cm³/mol. The summed E-state index contributed by atoms with van der Waals surface area (Å²) in [6.45, 7) is 8.02. The van der Waals surface area contributed by atoms with Gasteiger partial charge in [0, 0.05) is 10.8 Å². The van der Waals surface area contributed by atoms with Crippen LogP contribution >= 0.6 is 0 Å². The van der Waals surface area contributed by atoms with Crippen LogP contribution in [0, 0.1) is 0 Å². The highest BCUT2D eigenvalue weighted by Crippen LogP contribution is 2.41. The van der Waals surface area contributed by atoms with E-state index in [0.717, 1.165) is 22.3 Å². The Morgan fingerprint density at radius 1 is 0.514 bits per heavy atom. The van der Waals surface area contributed by atoms with E-state index in [1.165, 1.54) is 24.3 Å². The molecule has 4 rings (SSSR count). The molecule has 0 fully saturated rings. The number of hydrogen-bond donors (Lipinski definition) is 2. The maximum Gasteiger partial charge on any atom is 0.213 e. The van der Waals surface area contributed by atoms with E-state index in [2.05, 4.69) is 0 Å². The van der Waals surface area contributed by atoms with Gasteiger partial charge in [0.05, 0.1) is 0 Å². The summed E-state index contributed by atoms with van der Waals surface area (Å²) in [5, 5.41) is 21.2. The van der Waals surface area contributed by atoms with Crippen LogP contribution in [0.3, 0.4) is 0 Å². The van der Waals surface area contributed by atoms with Crippen molar-refractivity contribution in [2.75, 3.05) is 0 Å². The zero-order valence-electron chi connectivity index (χ0n) is 20.4. The summed E-state index contributed by atoms with van der Waals surface area (Å²) < 4.78 is 27.6. The second-order valence-corrected chi connectivity index (χ2v) is 11.7. The normalized spacial score (nSPS) is 12.5. The first-order chi connectivity index (χ1) is 16.5. The predicted octanol–water partition coefficient (Wildman–Crippen LogP) is 6.58. The Hall–Kier alpha value is -3.57. The van der Waals surface area contributed by atoms with Crippen LogP contribution in [0.5, 0.6) is 11.5 Å². The van der Waals surface area contributed by atoms with Gasteiger partial charge in [-0.1, -0.05) is 100 Å². The van der Waals surface area contributed by atoms with E-state index in [-0.39, 0.29) is 21.3 Å². The lowest BCUT2D eigenvalue weighted by Crippen LogP contribution is -2.20. The summed E-state index contributed by atoms with van der Waals surface area (Å²) in [7, 11) is -4.23. The number of hydrogen-bond acceptors (Lipinski definition) is 4. The SMILES string of the molecule is CC(C)(c1ccccc1)c1ccc(O)c(S(=O)(=O)c2cc(C(C)(C)c3ccccc3)ccc2O)c1. The van der Waals surface area contributed by atoms with Gasteiger partial charge in [-0.25, -0.2) is 8.42 Å². The molecule has 0 saturated carbocycles. The van der Waals surface area contributed by atoms with Crippen LogP contribution in [-0.4, -0.2) is 18.6 Å². The molecule has 2 N–H and O–H groups in total. The number of aromatic hydroxyl groups is 2. The molecule has 0 aromatic heterocycles. The second kappa shape index (κ2) is 8.90. The van der Waals surface area contributed by atoms with Crippen LogP contribution in [0.4, 0.5) is 0 Å². The average Bonchev–Trinajstić information content (AvgIpc) is 2.85. The molecule has 0 aliphatic carbocycles. The highest BCUT2D eigenvalue weighted by molar-refractivity contribution is 7.91. The molecular weight excluding hydrogens is 456 g/mol. The van der Waals surface area contributed by atoms with E-state index in [1.54, 1.807) is 12.1 Å². The van der Waals surface area contributed by atoms with Crippen molar-refractivity contribution in [2.45, 2.75) is 48.3 Å². The third kappa shape index (κ3) is 4.44. The average molecular weight is 487 g/mol. The summed E-state index contributed by atoms with van der Waals surface area (Å²) >= 11 is 0. The van der Waals surface area contributed by atoms with E-state index >= 15 is 0 Å². The smallest absolute Gasteiger partial charge is 0.213 e. The number of sulfone groups is 1. The molecule has 4 aromatic rings. The fourth-order valence-corrected chi connectivity index (χ4v) is 5.89. The van der Waals surface area contributed by atoms with E-state index in [4.69, 9.17) is 0 Å². The number of phenols is 2. The summed E-state index contributed by atoms with van der Waals surface area (Å²) in [6.07, 6.45) is 0. The molecule has 0 amide bonds. The van der Waals surface area contributed by atoms with Gasteiger partial charge in [0.1, 0.15) is 21.3 Å². The number of phenolic OH excluding ortho intramolecular Hbond substituents is 2. The van der Waals surface area contributed by atoms with Crippen LogP contribution in [0.15, 0.2) is 107 Å². The first kappa shape index (κ1) is 24.6. The summed E-state index contributed by atoms with van der Waals surface area (Å²) in [5.41, 5.74) is 2.50. The van der Waals surface area contributed by atoms with Crippen molar-refractivity contribution in [3.8, 4) is 11.5 Å². The lowest BCUT2D eigenvalue weighted by atomic mass is 9.78. The Kier molecular flexibility index (Phi) is 6.24. The highest BCUT2D eigenvalue weighted by Gasteiger charge is 2.31. The summed E-state index contributed by atoms with van der Waals surface area (Å²) in [6, 6.07) is 28.8. The van der Waals surface area contributed by atoms with E-state index < -0.39 is 20.7 Å². The van der Waals surface area contributed by atoms with E-state index in [9.17, 15) is 18.6 Å². The molecule has 0 unspecified atom stereocenters. The van der Waals surface area contributed by atoms with Crippen LogP contribution < -0.4 is 0 Å². The van der Waals surface area contributed by atoms with Gasteiger partial charge < -0.3 is 10.2 Å². The zero-order chi connectivity index (χ0) is 25.4. The summed E-state index contributed by atoms with van der Waals surface area (Å²) in [4.78, 5) is -0.465. The molecule has 0 aliphatic rings. The van der Waals surface area contributed by atoms with Crippen molar-refractivity contribution in [1.82, 2.24) is 0 Å². The van der Waals surface area contributed by atoms with Gasteiger partial charge in [-0.15, -0.1) is 0 Å². The Bertz CT molecular complexity index is 1350. The van der Waals surface area contributed by atoms with Crippen LogP contribution in [0.2, 0.25) is 0 Å². The van der Waals surface area contributed by atoms with E-state index in [0.29, 0.717) is 0 Å². The molecule has 5 heteroatoms. The van der Waals surface area contributed by atoms with Gasteiger partial charge in [0.15, 0.2) is 0 Å². The minimum atomic E-state index is -4.23. The van der Waals surface area contributed by atoms with Crippen molar-refractivity contribution >= 4 is 9.84 Å². The molecule has 0 radical (unpaired) electrons. The van der Waals surface area contributed by atoms with Gasteiger partial charge in [0.2, 0.25) is 9.84 Å². The standard InChI is InChI=1S/C30H30O4S/c1-29(2,21-11-7-5-8-12-21)23-15-17-25(31)27(19-23)35(33,34)28-20-24(16-18-26(28)32)30(3,4)22-13-9-6-10-14-22/h5-20,31-32H,1-4H3. The minimum absolute atomic E-state index is 0.232. The van der Waals surface area contributed by atoms with Crippen molar-refractivity contribution in [1.29, 1.82) is 0 Å². The highest BCUT2D eigenvalue weighted by atomic mass is 32.2. The fourth-order valence-electron chi connectivity index (χ4n) is 4.40. The first-order valence-electron chi connectivity index (χ1n) is 11.5. The second-order valence-electron chi connectivity index (χ2n) is 9.85. The molecule has 35 heavy (non-hydrogen) atoms. The Morgan fingerprint density at radius 3 is 1.20 bits per heavy atom. The van der Waals surface area contributed by atoms with Gasteiger partial charge in [-0.3, -0.25) is 0 Å². The summed E-state index contributed by atoms with van der Waals surface area (Å²) in [5.74, 6) is -0.713. The lowest BCUT2D eigenvalue weighted by Gasteiger charge is -2.27. The van der Waals surface area contributed by atoms with Crippen LogP contribution in [-0.2, 0) is 20.7 Å². The molecule has 180 valence electrons. The zero-order valence-corrected chi connectivity index (χ0v) is 21.2. The van der Waals surface area contributed by atoms with Gasteiger partial charge in [-0.05, 0) is 46.5 Å². The van der Waals surface area contributed by atoms with Gasteiger partial charge in [-0.2, -0.15) is 0 Å². The Morgan fingerprint density at radius 2 is 0.857 bits per heavy atom. The quantitative estimate of drug-likeness (QED) is 0.323. The molecular formula is C30H30O4S. The Labute approximate surface area is 207 Å². The molecule has 4 nitrogen and oxygen atoms in total. The molecule has 0 saturated heterocycles. The molecule has 4 aromatic carbocycles. The topological polar surface area (TPSA) is 74.6 Å². The largest absolute Gasteiger partial charge is 0.507 e. The molecule has 0 spiro atoms. The van der Waals surface area contributed by atoms with Crippen LogP contribution in [0.25, 0.3) is 0 Å². The van der Waals surface area contributed by atoms with Crippen molar-refractivity contribution in [3.05, 3.63) is 119 Å². The van der Waals surface area contributed by atoms with E-state index in [1.807, 2.05) is 88.4 Å². The monoisotopic (exact) mass is 486 g/mol. The van der Waals surface area contributed by atoms with Crippen molar-refractivity contribution < 1.29 is 18.6 Å². The third-order valence-electron chi connectivity index (χ3n) is 6.93. The minimum Gasteiger partial charge on any atom is -0.507 e.